The van der Waals surface area contributed by atoms with Crippen molar-refractivity contribution >= 4 is 23.5 Å². The van der Waals surface area contributed by atoms with Gasteiger partial charge in [0.1, 0.15) is 11.6 Å². The van der Waals surface area contributed by atoms with Gasteiger partial charge in [0, 0.05) is 25.4 Å². The fourth-order valence-electron chi connectivity index (χ4n) is 6.78. The van der Waals surface area contributed by atoms with Crippen molar-refractivity contribution < 1.29 is 29.0 Å². The van der Waals surface area contributed by atoms with Crippen LogP contribution >= 0.6 is 0 Å². The third kappa shape index (κ3) is 5.61. The Balaban J connectivity index is 1.68. The summed E-state index contributed by atoms with van der Waals surface area (Å²) in [6, 6.07) is 5.14. The number of aryl methyl sites for hydroxylation is 2. The largest absolute Gasteiger partial charge is 0.465 e. The summed E-state index contributed by atoms with van der Waals surface area (Å²) in [6.07, 6.45) is 8.67. The fraction of sp³-hybridized carbons (Fsp3) is 0.594. The van der Waals surface area contributed by atoms with Gasteiger partial charge >= 0.3 is 5.97 Å². The molecule has 0 aromatic heterocycles. The third-order valence-corrected chi connectivity index (χ3v) is 8.64. The van der Waals surface area contributed by atoms with Gasteiger partial charge in [-0.3, -0.25) is 14.4 Å². The average molecular weight is 553 g/mol. The highest BCUT2D eigenvalue weighted by molar-refractivity contribution is 6.05. The lowest BCUT2D eigenvalue weighted by Crippen LogP contribution is -2.56. The van der Waals surface area contributed by atoms with Gasteiger partial charge in [0.15, 0.2) is 0 Å². The SMILES string of the molecule is C=CCCCOC(=O)[C@@H]1[C@H]2C(=O)N(CCCCCCO)C(C(=O)N(CC=C)c3cc(C)ccc3C)C23CC[C@H]1O3. The smallest absolute Gasteiger partial charge is 0.312 e. The van der Waals surface area contributed by atoms with Crippen LogP contribution in [0.3, 0.4) is 0 Å². The summed E-state index contributed by atoms with van der Waals surface area (Å²) < 4.78 is 12.2. The van der Waals surface area contributed by atoms with Gasteiger partial charge in [0.25, 0.3) is 5.91 Å². The number of hydrogen-bond acceptors (Lipinski definition) is 6. The molecule has 3 fully saturated rings. The molecule has 1 spiro atoms. The Morgan fingerprint density at radius 2 is 1.95 bits per heavy atom. The Bertz CT molecular complexity index is 1120. The molecule has 2 bridgehead atoms. The molecule has 40 heavy (non-hydrogen) atoms. The van der Waals surface area contributed by atoms with Crippen molar-refractivity contribution in [3.8, 4) is 0 Å². The minimum atomic E-state index is -1.06. The predicted octanol–water partition coefficient (Wildman–Crippen LogP) is 4.26. The lowest BCUT2D eigenvalue weighted by molar-refractivity contribution is -0.155. The van der Waals surface area contributed by atoms with E-state index < -0.39 is 35.6 Å². The summed E-state index contributed by atoms with van der Waals surface area (Å²) in [6.45, 7) is 12.6. The van der Waals surface area contributed by atoms with Crippen LogP contribution in [0.2, 0.25) is 0 Å². The number of ether oxygens (including phenoxy) is 2. The monoisotopic (exact) mass is 552 g/mol. The molecule has 218 valence electrons. The maximum absolute atomic E-state index is 14.6. The van der Waals surface area contributed by atoms with Crippen LogP contribution in [0.5, 0.6) is 0 Å². The number of benzene rings is 1. The second-order valence-corrected chi connectivity index (χ2v) is 11.4. The minimum absolute atomic E-state index is 0.132. The van der Waals surface area contributed by atoms with E-state index in [1.54, 1.807) is 22.0 Å². The van der Waals surface area contributed by atoms with Crippen molar-refractivity contribution in [2.45, 2.75) is 83.0 Å². The molecule has 5 atom stereocenters. The maximum Gasteiger partial charge on any atom is 0.312 e. The van der Waals surface area contributed by atoms with Gasteiger partial charge in [-0.15, -0.1) is 13.2 Å². The van der Waals surface area contributed by atoms with E-state index in [0.29, 0.717) is 38.6 Å². The molecule has 0 radical (unpaired) electrons. The zero-order valence-corrected chi connectivity index (χ0v) is 24.0. The number of aliphatic hydroxyl groups is 1. The zero-order chi connectivity index (χ0) is 28.9. The molecular formula is C32H44N2O6. The van der Waals surface area contributed by atoms with E-state index in [1.807, 2.05) is 32.0 Å². The number of fused-ring (bicyclic) bond motifs is 1. The number of esters is 1. The van der Waals surface area contributed by atoms with Crippen molar-refractivity contribution in [3.05, 3.63) is 54.6 Å². The lowest BCUT2D eigenvalue weighted by Gasteiger charge is -2.37. The van der Waals surface area contributed by atoms with Crippen molar-refractivity contribution in [3.63, 3.8) is 0 Å². The molecule has 1 aromatic rings. The molecule has 3 aliphatic heterocycles. The summed E-state index contributed by atoms with van der Waals surface area (Å²) in [4.78, 5) is 45.4. The van der Waals surface area contributed by atoms with Gasteiger partial charge in [-0.1, -0.05) is 37.1 Å². The highest BCUT2D eigenvalue weighted by Gasteiger charge is 2.75. The highest BCUT2D eigenvalue weighted by Crippen LogP contribution is 2.59. The molecule has 8 heteroatoms. The van der Waals surface area contributed by atoms with Crippen LogP contribution in [-0.4, -0.2) is 71.8 Å². The first-order valence-electron chi connectivity index (χ1n) is 14.7. The van der Waals surface area contributed by atoms with E-state index >= 15 is 0 Å². The van der Waals surface area contributed by atoms with Gasteiger partial charge in [-0.2, -0.15) is 0 Å². The van der Waals surface area contributed by atoms with E-state index in [1.165, 1.54) is 0 Å². The fourth-order valence-corrected chi connectivity index (χ4v) is 6.78. The summed E-state index contributed by atoms with van der Waals surface area (Å²) in [5.74, 6) is -2.28. The van der Waals surface area contributed by atoms with Crippen LogP contribution < -0.4 is 4.90 Å². The number of nitrogens with zero attached hydrogens (tertiary/aromatic N) is 2. The first kappa shape index (κ1) is 30.0. The van der Waals surface area contributed by atoms with Crippen LogP contribution in [-0.2, 0) is 23.9 Å². The number of aliphatic hydroxyl groups excluding tert-OH is 1. The molecule has 3 heterocycles. The number of likely N-dealkylation sites (tertiary alicyclic amines) is 1. The van der Waals surface area contributed by atoms with E-state index in [4.69, 9.17) is 14.6 Å². The second-order valence-electron chi connectivity index (χ2n) is 11.4. The molecule has 4 rings (SSSR count). The molecule has 8 nitrogen and oxygen atoms in total. The van der Waals surface area contributed by atoms with Crippen molar-refractivity contribution in [1.82, 2.24) is 4.90 Å². The predicted molar refractivity (Wildman–Crippen MR) is 154 cm³/mol. The molecule has 0 saturated carbocycles. The van der Waals surface area contributed by atoms with Crippen molar-refractivity contribution in [2.24, 2.45) is 11.8 Å². The number of rotatable bonds is 15. The maximum atomic E-state index is 14.6. The average Bonchev–Trinajstić information content (AvgIpc) is 3.58. The van der Waals surface area contributed by atoms with Crippen LogP contribution in [0.1, 0.15) is 62.5 Å². The lowest BCUT2D eigenvalue weighted by atomic mass is 9.70. The topological polar surface area (TPSA) is 96.4 Å². The summed E-state index contributed by atoms with van der Waals surface area (Å²) in [7, 11) is 0. The highest BCUT2D eigenvalue weighted by atomic mass is 16.6. The van der Waals surface area contributed by atoms with Crippen LogP contribution in [0, 0.1) is 25.7 Å². The second kappa shape index (κ2) is 13.1. The number of anilines is 1. The third-order valence-electron chi connectivity index (χ3n) is 8.64. The number of amides is 2. The molecule has 1 aromatic carbocycles. The first-order valence-corrected chi connectivity index (χ1v) is 14.7. The quantitative estimate of drug-likeness (QED) is 0.198. The Morgan fingerprint density at radius 1 is 1.18 bits per heavy atom. The standard InChI is InChI=1S/C32H44N2O6/c1-5-7-12-20-39-31(38)26-25-15-16-32(40-25)27(26)29(36)34(18-10-8-9-11-19-35)28(32)30(37)33(17-6-2)24-21-22(3)13-14-23(24)4/h5-6,13-14,21,25-28,35H,1-2,7-12,15-20H2,3-4H3/t25-,26+,27+,28?,32?/m1/s1. The summed E-state index contributed by atoms with van der Waals surface area (Å²) in [5.41, 5.74) is 1.70. The molecule has 1 N–H and O–H groups in total. The molecule has 3 aliphatic rings. The van der Waals surface area contributed by atoms with Crippen LogP contribution in [0.4, 0.5) is 5.69 Å². The van der Waals surface area contributed by atoms with Crippen LogP contribution in [0.15, 0.2) is 43.5 Å². The molecule has 3 saturated heterocycles. The molecule has 2 amide bonds. The van der Waals surface area contributed by atoms with E-state index in [-0.39, 0.29) is 31.6 Å². The van der Waals surface area contributed by atoms with Gasteiger partial charge in [0.05, 0.1) is 24.5 Å². The number of unbranched alkanes of at least 4 members (excludes halogenated alkanes) is 4. The Morgan fingerprint density at radius 3 is 2.67 bits per heavy atom. The van der Waals surface area contributed by atoms with Gasteiger partial charge in [-0.25, -0.2) is 0 Å². The van der Waals surface area contributed by atoms with Gasteiger partial charge in [0.2, 0.25) is 5.91 Å². The van der Waals surface area contributed by atoms with Crippen molar-refractivity contribution in [2.75, 3.05) is 31.2 Å². The zero-order valence-electron chi connectivity index (χ0n) is 24.0. The number of carbonyl (C=O) groups is 3. The molecule has 0 aliphatic carbocycles. The Labute approximate surface area is 238 Å². The normalized spacial score (nSPS) is 26.6. The summed E-state index contributed by atoms with van der Waals surface area (Å²) >= 11 is 0. The van der Waals surface area contributed by atoms with Crippen molar-refractivity contribution in [1.29, 1.82) is 0 Å². The Hall–Kier alpha value is -2.97. The van der Waals surface area contributed by atoms with E-state index in [2.05, 4.69) is 13.2 Å². The van der Waals surface area contributed by atoms with Gasteiger partial charge < -0.3 is 24.4 Å². The first-order chi connectivity index (χ1) is 19.3. The van der Waals surface area contributed by atoms with E-state index in [0.717, 1.165) is 36.1 Å². The minimum Gasteiger partial charge on any atom is -0.465 e. The van der Waals surface area contributed by atoms with E-state index in [9.17, 15) is 14.4 Å². The number of hydrogen-bond donors (Lipinski definition) is 1. The van der Waals surface area contributed by atoms with Gasteiger partial charge in [-0.05, 0) is 69.6 Å². The van der Waals surface area contributed by atoms with Crippen LogP contribution in [0.25, 0.3) is 0 Å². The molecule has 2 unspecified atom stereocenters. The number of allylic oxidation sites excluding steroid dienone is 1. The summed E-state index contributed by atoms with van der Waals surface area (Å²) in [5, 5.41) is 9.16. The number of carbonyl (C=O) groups excluding carboxylic acids is 3. The molecular weight excluding hydrogens is 508 g/mol. The Kier molecular flexibility index (Phi) is 9.85.